The molecule has 1 saturated carbocycles. The van der Waals surface area contributed by atoms with E-state index in [1.54, 1.807) is 0 Å². The minimum atomic E-state index is -0.319. The van der Waals surface area contributed by atoms with Crippen molar-refractivity contribution in [3.05, 3.63) is 35.4 Å². The lowest BCUT2D eigenvalue weighted by Gasteiger charge is -2.24. The summed E-state index contributed by atoms with van der Waals surface area (Å²) in [4.78, 5) is 12.0. The number of rotatable bonds is 2. The topological polar surface area (TPSA) is 29.1 Å². The number of amides is 1. The Hall–Kier alpha value is -1.31. The van der Waals surface area contributed by atoms with E-state index in [-0.39, 0.29) is 16.9 Å². The van der Waals surface area contributed by atoms with Gasteiger partial charge in [-0.1, -0.05) is 50.6 Å². The minimum absolute atomic E-state index is 0.0853. The van der Waals surface area contributed by atoms with Crippen LogP contribution < -0.4 is 5.32 Å². The number of carbonyl (C=O) groups is 1. The average molecular weight is 231 g/mol. The van der Waals surface area contributed by atoms with Gasteiger partial charge in [0.2, 0.25) is 5.91 Å². The summed E-state index contributed by atoms with van der Waals surface area (Å²) in [5.41, 5.74) is 2.09. The van der Waals surface area contributed by atoms with Crippen LogP contribution in [-0.4, -0.2) is 5.91 Å². The fraction of sp³-hybridized carbons (Fsp3) is 0.533. The molecule has 1 fully saturated rings. The molecule has 1 N–H and O–H groups in total. The molecule has 92 valence electrons. The first-order valence-electron chi connectivity index (χ1n) is 6.23. The first-order valence-corrected chi connectivity index (χ1v) is 6.23. The summed E-state index contributed by atoms with van der Waals surface area (Å²) in [6.07, 6.45) is 2.11. The first-order chi connectivity index (χ1) is 7.83. The van der Waals surface area contributed by atoms with Crippen molar-refractivity contribution in [2.45, 2.75) is 46.1 Å². The van der Waals surface area contributed by atoms with Crippen LogP contribution in [0.15, 0.2) is 24.3 Å². The summed E-state index contributed by atoms with van der Waals surface area (Å²) in [5, 5.41) is 3.20. The Morgan fingerprint density at radius 1 is 1.18 bits per heavy atom. The summed E-state index contributed by atoms with van der Waals surface area (Å²) in [7, 11) is 0. The maximum atomic E-state index is 12.0. The second kappa shape index (κ2) is 3.86. The Kier molecular flexibility index (Phi) is 2.76. The summed E-state index contributed by atoms with van der Waals surface area (Å²) < 4.78 is 0. The molecule has 0 radical (unpaired) electrons. The van der Waals surface area contributed by atoms with Crippen molar-refractivity contribution in [2.75, 3.05) is 0 Å². The monoisotopic (exact) mass is 231 g/mol. The van der Waals surface area contributed by atoms with Gasteiger partial charge in [-0.05, 0) is 25.3 Å². The molecule has 0 spiro atoms. The Labute approximate surface area is 103 Å². The molecule has 0 saturated heterocycles. The quantitative estimate of drug-likeness (QED) is 0.832. The second-order valence-electron chi connectivity index (χ2n) is 6.15. The molecule has 17 heavy (non-hydrogen) atoms. The summed E-state index contributed by atoms with van der Waals surface area (Å²) in [6, 6.07) is 8.48. The van der Waals surface area contributed by atoms with Gasteiger partial charge in [-0.15, -0.1) is 0 Å². The van der Waals surface area contributed by atoms with Gasteiger partial charge in [-0.3, -0.25) is 4.79 Å². The van der Waals surface area contributed by atoms with E-state index in [4.69, 9.17) is 0 Å². The molecule has 2 heteroatoms. The third kappa shape index (κ3) is 2.51. The smallest absolute Gasteiger partial charge is 0.226 e. The zero-order valence-corrected chi connectivity index (χ0v) is 11.1. The average Bonchev–Trinajstić information content (AvgIpc) is 2.98. The molecule has 1 aliphatic rings. The van der Waals surface area contributed by atoms with Crippen molar-refractivity contribution in [3.63, 3.8) is 0 Å². The van der Waals surface area contributed by atoms with Gasteiger partial charge in [0.25, 0.3) is 0 Å². The molecule has 0 aromatic heterocycles. The summed E-state index contributed by atoms with van der Waals surface area (Å²) in [6.45, 7) is 7.94. The molecule has 1 amide bonds. The highest BCUT2D eigenvalue weighted by molar-refractivity contribution is 5.82. The Morgan fingerprint density at radius 3 is 2.12 bits per heavy atom. The van der Waals surface area contributed by atoms with Crippen molar-refractivity contribution < 1.29 is 4.79 Å². The summed E-state index contributed by atoms with van der Waals surface area (Å²) >= 11 is 0. The van der Waals surface area contributed by atoms with E-state index in [2.05, 4.69) is 36.5 Å². The molecule has 0 atom stereocenters. The lowest BCUT2D eigenvalue weighted by Crippen LogP contribution is -2.41. The van der Waals surface area contributed by atoms with Crippen LogP contribution in [0.5, 0.6) is 0 Å². The van der Waals surface area contributed by atoms with E-state index in [0.717, 1.165) is 12.8 Å². The molecule has 0 heterocycles. The van der Waals surface area contributed by atoms with Gasteiger partial charge < -0.3 is 5.32 Å². The number of hydrogen-bond donors (Lipinski definition) is 1. The standard InChI is InChI=1S/C15H21NO/c1-11-5-7-12(8-6-11)15(9-10-15)16-13(17)14(2,3)4/h5-8H,9-10H2,1-4H3,(H,16,17). The third-order valence-electron chi connectivity index (χ3n) is 3.39. The number of nitrogens with one attached hydrogen (secondary N) is 1. The van der Waals surface area contributed by atoms with Crippen molar-refractivity contribution in [2.24, 2.45) is 5.41 Å². The first kappa shape index (κ1) is 12.2. The number of benzene rings is 1. The highest BCUT2D eigenvalue weighted by Crippen LogP contribution is 2.46. The Balaban J connectivity index is 2.15. The maximum absolute atomic E-state index is 12.0. The van der Waals surface area contributed by atoms with E-state index in [1.165, 1.54) is 11.1 Å². The van der Waals surface area contributed by atoms with Crippen LogP contribution in [0.3, 0.4) is 0 Å². The largest absolute Gasteiger partial charge is 0.346 e. The van der Waals surface area contributed by atoms with Gasteiger partial charge in [0, 0.05) is 5.41 Å². The van der Waals surface area contributed by atoms with Gasteiger partial charge in [-0.2, -0.15) is 0 Å². The van der Waals surface area contributed by atoms with Crippen molar-refractivity contribution in [3.8, 4) is 0 Å². The molecule has 0 aliphatic heterocycles. The van der Waals surface area contributed by atoms with Crippen LogP contribution in [0, 0.1) is 12.3 Å². The van der Waals surface area contributed by atoms with Gasteiger partial charge in [0.15, 0.2) is 0 Å². The van der Waals surface area contributed by atoms with Gasteiger partial charge in [0.1, 0.15) is 0 Å². The number of carbonyl (C=O) groups excluding carboxylic acids is 1. The zero-order chi connectivity index (χ0) is 12.7. The fourth-order valence-electron chi connectivity index (χ4n) is 1.89. The Morgan fingerprint density at radius 2 is 1.71 bits per heavy atom. The molecule has 2 nitrogen and oxygen atoms in total. The SMILES string of the molecule is Cc1ccc(C2(NC(=O)C(C)(C)C)CC2)cc1. The predicted molar refractivity (Wildman–Crippen MR) is 69.7 cm³/mol. The van der Waals surface area contributed by atoms with Crippen LogP contribution in [0.4, 0.5) is 0 Å². The van der Waals surface area contributed by atoms with Gasteiger partial charge in [-0.25, -0.2) is 0 Å². The molecule has 2 rings (SSSR count). The van der Waals surface area contributed by atoms with Crippen molar-refractivity contribution in [1.29, 1.82) is 0 Å². The van der Waals surface area contributed by atoms with Crippen LogP contribution in [0.25, 0.3) is 0 Å². The number of hydrogen-bond acceptors (Lipinski definition) is 1. The van der Waals surface area contributed by atoms with Gasteiger partial charge >= 0.3 is 0 Å². The zero-order valence-electron chi connectivity index (χ0n) is 11.1. The van der Waals surface area contributed by atoms with Crippen LogP contribution in [0.2, 0.25) is 0 Å². The molecular formula is C15H21NO. The van der Waals surface area contributed by atoms with Crippen molar-refractivity contribution in [1.82, 2.24) is 5.32 Å². The molecule has 0 unspecified atom stereocenters. The van der Waals surface area contributed by atoms with Crippen molar-refractivity contribution >= 4 is 5.91 Å². The lowest BCUT2D eigenvalue weighted by atomic mass is 9.94. The molecule has 0 bridgehead atoms. The van der Waals surface area contributed by atoms with Crippen LogP contribution in [-0.2, 0) is 10.3 Å². The maximum Gasteiger partial charge on any atom is 0.226 e. The van der Waals surface area contributed by atoms with E-state index in [1.807, 2.05) is 20.8 Å². The fourth-order valence-corrected chi connectivity index (χ4v) is 1.89. The Bertz CT molecular complexity index is 421. The van der Waals surface area contributed by atoms with Crippen LogP contribution >= 0.6 is 0 Å². The highest BCUT2D eigenvalue weighted by Gasteiger charge is 2.46. The van der Waals surface area contributed by atoms with Gasteiger partial charge in [0.05, 0.1) is 5.54 Å². The third-order valence-corrected chi connectivity index (χ3v) is 3.39. The van der Waals surface area contributed by atoms with Crippen LogP contribution in [0.1, 0.15) is 44.7 Å². The number of aryl methyl sites for hydroxylation is 1. The minimum Gasteiger partial charge on any atom is -0.346 e. The lowest BCUT2D eigenvalue weighted by molar-refractivity contribution is -0.129. The molecule has 1 aromatic rings. The predicted octanol–water partition coefficient (Wildman–Crippen LogP) is 3.15. The summed E-state index contributed by atoms with van der Waals surface area (Å²) in [5.74, 6) is 0.135. The molecule has 1 aliphatic carbocycles. The van der Waals surface area contributed by atoms with E-state index >= 15 is 0 Å². The van der Waals surface area contributed by atoms with E-state index in [9.17, 15) is 4.79 Å². The highest BCUT2D eigenvalue weighted by atomic mass is 16.2. The normalized spacial score (nSPS) is 17.6. The molecular weight excluding hydrogens is 210 g/mol. The van der Waals surface area contributed by atoms with E-state index in [0.29, 0.717) is 0 Å². The molecule has 1 aromatic carbocycles. The second-order valence-corrected chi connectivity index (χ2v) is 6.15. The van der Waals surface area contributed by atoms with E-state index < -0.39 is 0 Å².